The summed E-state index contributed by atoms with van der Waals surface area (Å²) >= 11 is 1.29. The number of fused-ring (bicyclic) bond motifs is 3. The molecule has 0 saturated heterocycles. The number of hydrogen-bond acceptors (Lipinski definition) is 5. The zero-order valence-electron chi connectivity index (χ0n) is 16.1. The van der Waals surface area contributed by atoms with Crippen LogP contribution in [0.4, 0.5) is 5.69 Å². The van der Waals surface area contributed by atoms with Gasteiger partial charge in [-0.15, -0.1) is 10.2 Å². The number of benzene rings is 2. The van der Waals surface area contributed by atoms with E-state index in [1.165, 1.54) is 11.8 Å². The third-order valence-corrected chi connectivity index (χ3v) is 5.51. The molecule has 2 aromatic heterocycles. The van der Waals surface area contributed by atoms with Gasteiger partial charge in [0.1, 0.15) is 5.52 Å². The summed E-state index contributed by atoms with van der Waals surface area (Å²) in [6.45, 7) is 6.86. The van der Waals surface area contributed by atoms with Gasteiger partial charge in [0.05, 0.1) is 11.3 Å². The molecule has 28 heavy (non-hydrogen) atoms. The highest BCUT2D eigenvalue weighted by molar-refractivity contribution is 7.99. The maximum absolute atomic E-state index is 12.4. The van der Waals surface area contributed by atoms with Crippen LogP contribution in [0.3, 0.4) is 0 Å². The van der Waals surface area contributed by atoms with E-state index in [1.54, 1.807) is 0 Å². The van der Waals surface area contributed by atoms with Crippen LogP contribution in [0.5, 0.6) is 0 Å². The van der Waals surface area contributed by atoms with E-state index in [0.29, 0.717) is 5.16 Å². The van der Waals surface area contributed by atoms with Crippen molar-refractivity contribution in [3.05, 3.63) is 53.6 Å². The average molecular weight is 392 g/mol. The normalized spacial score (nSPS) is 11.2. The van der Waals surface area contributed by atoms with Crippen molar-refractivity contribution < 1.29 is 4.79 Å². The molecule has 0 saturated carbocycles. The molecule has 0 fully saturated rings. The van der Waals surface area contributed by atoms with Crippen LogP contribution >= 0.6 is 11.8 Å². The van der Waals surface area contributed by atoms with Gasteiger partial charge in [-0.3, -0.25) is 4.79 Å². The van der Waals surface area contributed by atoms with Crippen LogP contribution in [0.25, 0.3) is 22.1 Å². The van der Waals surface area contributed by atoms with Crippen LogP contribution in [0.15, 0.2) is 47.6 Å². The third-order valence-electron chi connectivity index (χ3n) is 4.67. The molecule has 0 bridgehead atoms. The minimum atomic E-state index is -0.0848. The first kappa shape index (κ1) is 18.4. The molecule has 1 N–H and O–H groups in total. The van der Waals surface area contributed by atoms with Gasteiger partial charge in [0.2, 0.25) is 11.1 Å². The minimum absolute atomic E-state index is 0.0848. The fraction of sp³-hybridized carbons (Fsp3) is 0.238. The van der Waals surface area contributed by atoms with Crippen LogP contribution in [0.2, 0.25) is 0 Å². The Kier molecular flexibility index (Phi) is 5.00. The first-order valence-electron chi connectivity index (χ1n) is 9.18. The molecule has 0 aliphatic heterocycles. The fourth-order valence-electron chi connectivity index (χ4n) is 3.26. The molecule has 142 valence electrons. The fourth-order valence-corrected chi connectivity index (χ4v) is 3.84. The summed E-state index contributed by atoms with van der Waals surface area (Å²) < 4.78 is 2.12. The average Bonchev–Trinajstić information content (AvgIpc) is 3.02. The lowest BCUT2D eigenvalue weighted by Crippen LogP contribution is -2.15. The van der Waals surface area contributed by atoms with Crippen molar-refractivity contribution in [2.75, 3.05) is 11.1 Å². The highest BCUT2D eigenvalue weighted by Gasteiger charge is 2.14. The second kappa shape index (κ2) is 7.59. The van der Waals surface area contributed by atoms with E-state index in [9.17, 15) is 4.79 Å². The molecule has 0 radical (unpaired) electrons. The largest absolute Gasteiger partial charge is 0.325 e. The van der Waals surface area contributed by atoms with E-state index in [2.05, 4.69) is 38.1 Å². The number of nitrogens with one attached hydrogen (secondary N) is 1. The number of carbonyl (C=O) groups excluding carboxylic acids is 1. The van der Waals surface area contributed by atoms with Gasteiger partial charge in [-0.05, 0) is 44.0 Å². The molecule has 1 amide bonds. The monoisotopic (exact) mass is 391 g/mol. The van der Waals surface area contributed by atoms with Crippen molar-refractivity contribution in [2.24, 2.45) is 0 Å². The number of nitrogens with zero attached hydrogens (tertiary/aromatic N) is 4. The molecule has 0 aliphatic rings. The smallest absolute Gasteiger partial charge is 0.234 e. The summed E-state index contributed by atoms with van der Waals surface area (Å²) in [5.74, 6) is 0.144. The number of carbonyl (C=O) groups is 1. The molecule has 4 aromatic rings. The summed E-state index contributed by atoms with van der Waals surface area (Å²) in [5, 5.41) is 13.1. The summed E-state index contributed by atoms with van der Waals surface area (Å²) in [6.07, 6.45) is 0. The van der Waals surface area contributed by atoms with Gasteiger partial charge in [-0.25, -0.2) is 4.98 Å². The number of anilines is 1. The Bertz CT molecular complexity index is 1180. The molecule has 4 rings (SSSR count). The Balaban J connectivity index is 1.54. The maximum atomic E-state index is 12.4. The van der Waals surface area contributed by atoms with Gasteiger partial charge in [0, 0.05) is 17.6 Å². The molecule has 2 aromatic carbocycles. The van der Waals surface area contributed by atoms with E-state index in [0.717, 1.165) is 45.4 Å². The van der Waals surface area contributed by atoms with E-state index in [4.69, 9.17) is 0 Å². The Morgan fingerprint density at radius 2 is 1.96 bits per heavy atom. The maximum Gasteiger partial charge on any atom is 0.234 e. The van der Waals surface area contributed by atoms with Crippen LogP contribution in [0, 0.1) is 13.8 Å². The number of rotatable bonds is 5. The lowest BCUT2D eigenvalue weighted by molar-refractivity contribution is -0.113. The zero-order chi connectivity index (χ0) is 19.7. The second-order valence-electron chi connectivity index (χ2n) is 6.68. The minimum Gasteiger partial charge on any atom is -0.325 e. The molecule has 6 nitrogen and oxygen atoms in total. The quantitative estimate of drug-likeness (QED) is 0.512. The molecular weight excluding hydrogens is 370 g/mol. The summed E-state index contributed by atoms with van der Waals surface area (Å²) in [6, 6.07) is 14.1. The van der Waals surface area contributed by atoms with Gasteiger partial charge in [0.15, 0.2) is 5.65 Å². The van der Waals surface area contributed by atoms with Crippen LogP contribution < -0.4 is 5.32 Å². The molecule has 2 heterocycles. The number of amides is 1. The lowest BCUT2D eigenvalue weighted by Gasteiger charge is -2.09. The summed E-state index contributed by atoms with van der Waals surface area (Å²) in [4.78, 5) is 17.0. The molecule has 0 spiro atoms. The Morgan fingerprint density at radius 1 is 1.14 bits per heavy atom. The van der Waals surface area contributed by atoms with E-state index < -0.39 is 0 Å². The Morgan fingerprint density at radius 3 is 2.79 bits per heavy atom. The van der Waals surface area contributed by atoms with E-state index >= 15 is 0 Å². The first-order valence-corrected chi connectivity index (χ1v) is 10.2. The van der Waals surface area contributed by atoms with E-state index in [-0.39, 0.29) is 11.7 Å². The van der Waals surface area contributed by atoms with Crippen molar-refractivity contribution in [2.45, 2.75) is 32.5 Å². The topological polar surface area (TPSA) is 72.7 Å². The standard InChI is InChI=1S/C21H21N5OS/c1-4-26-17-8-6-5-7-15(17)19-20(26)23-21(25-24-19)28-12-18(27)22-16-11-13(2)9-10-14(16)3/h5-11H,4,12H2,1-3H3,(H,22,27). The Labute approximate surface area is 167 Å². The highest BCUT2D eigenvalue weighted by atomic mass is 32.2. The summed E-state index contributed by atoms with van der Waals surface area (Å²) in [5.41, 5.74) is 5.68. The third kappa shape index (κ3) is 3.45. The molecule has 0 aliphatic carbocycles. The number of aromatic nitrogens is 4. The summed E-state index contributed by atoms with van der Waals surface area (Å²) in [7, 11) is 0. The predicted molar refractivity (Wildman–Crippen MR) is 114 cm³/mol. The molecule has 0 unspecified atom stereocenters. The van der Waals surface area contributed by atoms with Gasteiger partial charge in [0.25, 0.3) is 0 Å². The number of aryl methyl sites for hydroxylation is 3. The van der Waals surface area contributed by atoms with Crippen molar-refractivity contribution in [1.29, 1.82) is 0 Å². The predicted octanol–water partition coefficient (Wildman–Crippen LogP) is 4.35. The number of hydrogen-bond donors (Lipinski definition) is 1. The van der Waals surface area contributed by atoms with Gasteiger partial charge < -0.3 is 9.88 Å². The van der Waals surface area contributed by atoms with Crippen molar-refractivity contribution in [1.82, 2.24) is 19.7 Å². The van der Waals surface area contributed by atoms with Crippen molar-refractivity contribution in [3.63, 3.8) is 0 Å². The molecule has 7 heteroatoms. The number of para-hydroxylation sites is 1. The van der Waals surface area contributed by atoms with Crippen LogP contribution in [-0.2, 0) is 11.3 Å². The highest BCUT2D eigenvalue weighted by Crippen LogP contribution is 2.27. The molecule has 0 atom stereocenters. The Hall–Kier alpha value is -2.93. The van der Waals surface area contributed by atoms with Crippen LogP contribution in [-0.4, -0.2) is 31.4 Å². The van der Waals surface area contributed by atoms with Gasteiger partial charge in [-0.2, -0.15) is 0 Å². The van der Waals surface area contributed by atoms with E-state index in [1.807, 2.05) is 50.2 Å². The SMILES string of the molecule is CCn1c2ccccc2c2nnc(SCC(=O)Nc3cc(C)ccc3C)nc21. The molecular formula is C21H21N5OS. The number of thioether (sulfide) groups is 1. The first-order chi connectivity index (χ1) is 13.6. The second-order valence-corrected chi connectivity index (χ2v) is 7.63. The van der Waals surface area contributed by atoms with Crippen molar-refractivity contribution in [3.8, 4) is 0 Å². The van der Waals surface area contributed by atoms with Gasteiger partial charge in [-0.1, -0.05) is 42.1 Å². The zero-order valence-corrected chi connectivity index (χ0v) is 16.9. The van der Waals surface area contributed by atoms with Gasteiger partial charge >= 0.3 is 0 Å². The van der Waals surface area contributed by atoms with Crippen LogP contribution in [0.1, 0.15) is 18.1 Å². The van der Waals surface area contributed by atoms with Crippen molar-refractivity contribution >= 4 is 45.4 Å². The lowest BCUT2D eigenvalue weighted by atomic mass is 10.1.